The van der Waals surface area contributed by atoms with Crippen LogP contribution in [0.1, 0.15) is 38.2 Å². The van der Waals surface area contributed by atoms with E-state index in [1.165, 1.54) is 25.7 Å². The van der Waals surface area contributed by atoms with Crippen molar-refractivity contribution in [1.29, 1.82) is 0 Å². The predicted octanol–water partition coefficient (Wildman–Crippen LogP) is 4.21. The highest BCUT2D eigenvalue weighted by atomic mass is 35.5. The van der Waals surface area contributed by atoms with Gasteiger partial charge in [0.25, 0.3) is 0 Å². The standard InChI is InChI=1S/C16H20ClNO2/c1-2-18(14-5-3-4-6-14)15-9-8-13(17)11-12(15)7-10-16(19)20/h7-11,14H,2-6H2,1H3,(H,19,20)/b10-7+. The van der Waals surface area contributed by atoms with Gasteiger partial charge in [-0.05, 0) is 49.6 Å². The summed E-state index contributed by atoms with van der Waals surface area (Å²) in [6.07, 6.45) is 7.75. The molecule has 2 rings (SSSR count). The molecule has 108 valence electrons. The first-order chi connectivity index (χ1) is 9.61. The Kier molecular flexibility index (Phi) is 5.07. The summed E-state index contributed by atoms with van der Waals surface area (Å²) in [5, 5.41) is 9.44. The number of carboxylic acids is 1. The van der Waals surface area contributed by atoms with E-state index in [-0.39, 0.29) is 0 Å². The van der Waals surface area contributed by atoms with Gasteiger partial charge in [-0.25, -0.2) is 4.79 Å². The fourth-order valence-corrected chi connectivity index (χ4v) is 3.10. The number of benzene rings is 1. The second-order valence-electron chi connectivity index (χ2n) is 5.10. The number of hydrogen-bond acceptors (Lipinski definition) is 2. The lowest BCUT2D eigenvalue weighted by Crippen LogP contribution is -2.33. The summed E-state index contributed by atoms with van der Waals surface area (Å²) in [4.78, 5) is 13.1. The minimum absolute atomic E-state index is 0.554. The van der Waals surface area contributed by atoms with Crippen LogP contribution in [-0.2, 0) is 4.79 Å². The van der Waals surface area contributed by atoms with Crippen LogP contribution in [0, 0.1) is 0 Å². The summed E-state index contributed by atoms with van der Waals surface area (Å²) < 4.78 is 0. The maximum Gasteiger partial charge on any atom is 0.328 e. The maximum atomic E-state index is 10.7. The van der Waals surface area contributed by atoms with Crippen LogP contribution in [0.15, 0.2) is 24.3 Å². The fourth-order valence-electron chi connectivity index (χ4n) is 2.92. The second kappa shape index (κ2) is 6.80. The molecule has 1 N–H and O–H groups in total. The number of hydrogen-bond donors (Lipinski definition) is 1. The van der Waals surface area contributed by atoms with E-state index in [4.69, 9.17) is 16.7 Å². The number of carboxylic acid groups (broad SMARTS) is 1. The highest BCUT2D eigenvalue weighted by molar-refractivity contribution is 6.30. The molecule has 0 unspecified atom stereocenters. The van der Waals surface area contributed by atoms with Gasteiger partial charge in [0.1, 0.15) is 0 Å². The molecule has 0 amide bonds. The molecule has 4 heteroatoms. The first-order valence-electron chi connectivity index (χ1n) is 7.09. The molecule has 1 saturated carbocycles. The van der Waals surface area contributed by atoms with Gasteiger partial charge in [0, 0.05) is 29.4 Å². The molecule has 1 aromatic carbocycles. The average molecular weight is 294 g/mol. The van der Waals surface area contributed by atoms with Gasteiger partial charge >= 0.3 is 5.97 Å². The summed E-state index contributed by atoms with van der Waals surface area (Å²) in [5.74, 6) is -0.945. The summed E-state index contributed by atoms with van der Waals surface area (Å²) in [6, 6.07) is 6.24. The first-order valence-corrected chi connectivity index (χ1v) is 7.47. The van der Waals surface area contributed by atoms with Gasteiger partial charge in [0.15, 0.2) is 0 Å². The molecule has 20 heavy (non-hydrogen) atoms. The number of carbonyl (C=O) groups is 1. The van der Waals surface area contributed by atoms with Crippen molar-refractivity contribution in [2.75, 3.05) is 11.4 Å². The zero-order valence-corrected chi connectivity index (χ0v) is 12.4. The van der Waals surface area contributed by atoms with E-state index in [1.54, 1.807) is 6.08 Å². The molecule has 0 bridgehead atoms. The Morgan fingerprint density at radius 3 is 2.75 bits per heavy atom. The maximum absolute atomic E-state index is 10.7. The Hall–Kier alpha value is -1.48. The summed E-state index contributed by atoms with van der Waals surface area (Å²) in [7, 11) is 0. The quantitative estimate of drug-likeness (QED) is 0.827. The summed E-state index contributed by atoms with van der Waals surface area (Å²) in [5.41, 5.74) is 1.94. The smallest absolute Gasteiger partial charge is 0.328 e. The number of nitrogens with zero attached hydrogens (tertiary/aromatic N) is 1. The number of aliphatic carboxylic acids is 1. The minimum Gasteiger partial charge on any atom is -0.478 e. The molecule has 0 spiro atoms. The fraction of sp³-hybridized carbons (Fsp3) is 0.438. The van der Waals surface area contributed by atoms with E-state index < -0.39 is 5.97 Å². The van der Waals surface area contributed by atoms with Crippen molar-refractivity contribution >= 4 is 29.3 Å². The van der Waals surface area contributed by atoms with Gasteiger partial charge in [0.2, 0.25) is 0 Å². The first kappa shape index (κ1) is 14.9. The summed E-state index contributed by atoms with van der Waals surface area (Å²) in [6.45, 7) is 3.05. The third kappa shape index (κ3) is 3.54. The molecule has 0 radical (unpaired) electrons. The van der Waals surface area contributed by atoms with Crippen LogP contribution in [0.5, 0.6) is 0 Å². The molecule has 0 aromatic heterocycles. The molecule has 1 aliphatic rings. The van der Waals surface area contributed by atoms with E-state index in [0.717, 1.165) is 23.9 Å². The average Bonchev–Trinajstić information content (AvgIpc) is 2.93. The second-order valence-corrected chi connectivity index (χ2v) is 5.54. The largest absolute Gasteiger partial charge is 0.478 e. The Balaban J connectivity index is 2.35. The van der Waals surface area contributed by atoms with Crippen LogP contribution in [0.2, 0.25) is 5.02 Å². The Bertz CT molecular complexity index is 507. The van der Waals surface area contributed by atoms with E-state index in [2.05, 4.69) is 11.8 Å². The lowest BCUT2D eigenvalue weighted by Gasteiger charge is -2.31. The molecule has 1 aliphatic carbocycles. The van der Waals surface area contributed by atoms with Crippen molar-refractivity contribution in [3.63, 3.8) is 0 Å². The Morgan fingerprint density at radius 1 is 1.45 bits per heavy atom. The van der Waals surface area contributed by atoms with Gasteiger partial charge in [-0.1, -0.05) is 24.4 Å². The number of halogens is 1. The monoisotopic (exact) mass is 293 g/mol. The third-order valence-electron chi connectivity index (χ3n) is 3.81. The van der Waals surface area contributed by atoms with Crippen molar-refractivity contribution in [1.82, 2.24) is 0 Å². The van der Waals surface area contributed by atoms with Gasteiger partial charge in [-0.2, -0.15) is 0 Å². The molecule has 1 aromatic rings. The van der Waals surface area contributed by atoms with Crippen molar-refractivity contribution in [3.8, 4) is 0 Å². The van der Waals surface area contributed by atoms with E-state index in [9.17, 15) is 4.79 Å². The SMILES string of the molecule is CCN(c1ccc(Cl)cc1/C=C/C(=O)O)C1CCCC1. The van der Waals surface area contributed by atoms with Gasteiger partial charge in [-0.3, -0.25) is 0 Å². The normalized spacial score (nSPS) is 15.9. The Labute approximate surface area is 124 Å². The molecule has 3 nitrogen and oxygen atoms in total. The van der Waals surface area contributed by atoms with E-state index in [1.807, 2.05) is 18.2 Å². The van der Waals surface area contributed by atoms with Crippen molar-refractivity contribution in [2.45, 2.75) is 38.6 Å². The Morgan fingerprint density at radius 2 is 2.15 bits per heavy atom. The lowest BCUT2D eigenvalue weighted by atomic mass is 10.1. The lowest BCUT2D eigenvalue weighted by molar-refractivity contribution is -0.131. The number of rotatable bonds is 5. The molecule has 0 heterocycles. The van der Waals surface area contributed by atoms with Crippen LogP contribution >= 0.6 is 11.6 Å². The van der Waals surface area contributed by atoms with Crippen LogP contribution in [0.3, 0.4) is 0 Å². The summed E-state index contributed by atoms with van der Waals surface area (Å²) >= 11 is 6.04. The van der Waals surface area contributed by atoms with Crippen molar-refractivity contribution in [3.05, 3.63) is 34.9 Å². The molecular formula is C16H20ClNO2. The molecule has 0 saturated heterocycles. The molecular weight excluding hydrogens is 274 g/mol. The highest BCUT2D eigenvalue weighted by Crippen LogP contribution is 2.32. The topological polar surface area (TPSA) is 40.5 Å². The zero-order chi connectivity index (χ0) is 14.5. The van der Waals surface area contributed by atoms with E-state index in [0.29, 0.717) is 11.1 Å². The van der Waals surface area contributed by atoms with Crippen LogP contribution < -0.4 is 4.90 Å². The van der Waals surface area contributed by atoms with Crippen LogP contribution in [0.25, 0.3) is 6.08 Å². The number of anilines is 1. The van der Waals surface area contributed by atoms with Crippen LogP contribution in [0.4, 0.5) is 5.69 Å². The molecule has 0 atom stereocenters. The third-order valence-corrected chi connectivity index (χ3v) is 4.05. The van der Waals surface area contributed by atoms with Crippen molar-refractivity contribution in [2.24, 2.45) is 0 Å². The molecule has 1 fully saturated rings. The van der Waals surface area contributed by atoms with Gasteiger partial charge < -0.3 is 10.0 Å². The molecule has 0 aliphatic heterocycles. The highest BCUT2D eigenvalue weighted by Gasteiger charge is 2.22. The van der Waals surface area contributed by atoms with Crippen LogP contribution in [-0.4, -0.2) is 23.7 Å². The minimum atomic E-state index is -0.945. The van der Waals surface area contributed by atoms with E-state index >= 15 is 0 Å². The van der Waals surface area contributed by atoms with Crippen molar-refractivity contribution < 1.29 is 9.90 Å². The van der Waals surface area contributed by atoms with Gasteiger partial charge in [-0.15, -0.1) is 0 Å². The predicted molar refractivity (Wildman–Crippen MR) is 83.4 cm³/mol. The van der Waals surface area contributed by atoms with Gasteiger partial charge in [0.05, 0.1) is 0 Å². The zero-order valence-electron chi connectivity index (χ0n) is 11.7.